The van der Waals surface area contributed by atoms with Gasteiger partial charge in [-0.1, -0.05) is 0 Å². The van der Waals surface area contributed by atoms with Gasteiger partial charge in [-0.3, -0.25) is 0 Å². The third kappa shape index (κ3) is 5.32. The molecule has 3 heteroatoms. The summed E-state index contributed by atoms with van der Waals surface area (Å²) in [7, 11) is 0. The van der Waals surface area contributed by atoms with Crippen molar-refractivity contribution in [1.29, 1.82) is 0 Å². The summed E-state index contributed by atoms with van der Waals surface area (Å²) in [5.41, 5.74) is 1.92. The van der Waals surface area contributed by atoms with Gasteiger partial charge in [-0.05, 0) is 0 Å². The van der Waals surface area contributed by atoms with Crippen LogP contribution in [-0.2, 0) is 6.54 Å². The van der Waals surface area contributed by atoms with Crippen LogP contribution in [0.2, 0.25) is 4.82 Å². The quantitative estimate of drug-likeness (QED) is 0.538. The molecule has 1 amide bonds. The molecule has 0 saturated heterocycles. The predicted octanol–water partition coefficient (Wildman–Crippen LogP) is 4.17. The SMILES string of the molecule is CC(CN(Cc1ccccc1)C(=O)c1ccccc1)[Se]c1ccccc1. The zero-order chi connectivity index (χ0) is 18.2. The Morgan fingerprint density at radius 2 is 1.38 bits per heavy atom. The van der Waals surface area contributed by atoms with Gasteiger partial charge in [0.25, 0.3) is 0 Å². The maximum absolute atomic E-state index is 13.1. The van der Waals surface area contributed by atoms with Crippen molar-refractivity contribution in [3.8, 4) is 0 Å². The van der Waals surface area contributed by atoms with E-state index in [2.05, 4.69) is 43.3 Å². The predicted molar refractivity (Wildman–Crippen MR) is 109 cm³/mol. The average molecular weight is 408 g/mol. The summed E-state index contributed by atoms with van der Waals surface area (Å²) >= 11 is 0.340. The van der Waals surface area contributed by atoms with Crippen LogP contribution in [0.25, 0.3) is 0 Å². The van der Waals surface area contributed by atoms with E-state index in [0.29, 0.717) is 26.3 Å². The number of amides is 1. The minimum absolute atomic E-state index is 0.102. The number of carbonyl (C=O) groups excluding carboxylic acids is 1. The van der Waals surface area contributed by atoms with Gasteiger partial charge < -0.3 is 0 Å². The summed E-state index contributed by atoms with van der Waals surface area (Å²) < 4.78 is 1.37. The first kappa shape index (κ1) is 18.4. The van der Waals surface area contributed by atoms with Gasteiger partial charge in [-0.2, -0.15) is 0 Å². The van der Waals surface area contributed by atoms with Crippen molar-refractivity contribution in [2.45, 2.75) is 18.3 Å². The molecule has 2 nitrogen and oxygen atoms in total. The van der Waals surface area contributed by atoms with E-state index in [1.807, 2.05) is 59.5 Å². The van der Waals surface area contributed by atoms with E-state index in [9.17, 15) is 4.79 Å². The topological polar surface area (TPSA) is 20.3 Å². The van der Waals surface area contributed by atoms with Crippen LogP contribution >= 0.6 is 0 Å². The van der Waals surface area contributed by atoms with Crippen LogP contribution < -0.4 is 4.46 Å². The normalized spacial score (nSPS) is 11.7. The minimum atomic E-state index is 0.102. The molecule has 0 N–H and O–H groups in total. The van der Waals surface area contributed by atoms with E-state index >= 15 is 0 Å². The first-order chi connectivity index (χ1) is 12.7. The number of hydrogen-bond acceptors (Lipinski definition) is 1. The Kier molecular flexibility index (Phi) is 6.65. The van der Waals surface area contributed by atoms with Gasteiger partial charge in [0.2, 0.25) is 0 Å². The third-order valence-corrected chi connectivity index (χ3v) is 6.38. The Bertz CT molecular complexity index is 805. The van der Waals surface area contributed by atoms with E-state index in [1.54, 1.807) is 0 Å². The molecule has 0 aromatic heterocycles. The van der Waals surface area contributed by atoms with Crippen molar-refractivity contribution in [1.82, 2.24) is 4.90 Å². The van der Waals surface area contributed by atoms with Crippen molar-refractivity contribution in [2.24, 2.45) is 0 Å². The van der Waals surface area contributed by atoms with Crippen LogP contribution in [0.4, 0.5) is 0 Å². The molecule has 0 fully saturated rings. The molecule has 1 atom stereocenters. The van der Waals surface area contributed by atoms with Crippen LogP contribution in [-0.4, -0.2) is 32.3 Å². The summed E-state index contributed by atoms with van der Waals surface area (Å²) in [6.07, 6.45) is 0. The fourth-order valence-corrected chi connectivity index (χ4v) is 5.03. The molecule has 3 aromatic carbocycles. The van der Waals surface area contributed by atoms with Crippen LogP contribution in [0.15, 0.2) is 91.0 Å². The number of rotatable bonds is 7. The Labute approximate surface area is 162 Å². The molecule has 0 bridgehead atoms. The van der Waals surface area contributed by atoms with E-state index in [4.69, 9.17) is 0 Å². The summed E-state index contributed by atoms with van der Waals surface area (Å²) in [4.78, 5) is 15.5. The molecule has 0 spiro atoms. The second-order valence-corrected chi connectivity index (χ2v) is 9.45. The van der Waals surface area contributed by atoms with Crippen LogP contribution in [0, 0.1) is 0 Å². The van der Waals surface area contributed by atoms with Gasteiger partial charge in [0.05, 0.1) is 0 Å². The zero-order valence-corrected chi connectivity index (χ0v) is 16.6. The Morgan fingerprint density at radius 1 is 0.846 bits per heavy atom. The number of hydrogen-bond donors (Lipinski definition) is 0. The molecule has 3 rings (SSSR count). The van der Waals surface area contributed by atoms with E-state index in [0.717, 1.165) is 17.7 Å². The molecular weight excluding hydrogens is 385 g/mol. The monoisotopic (exact) mass is 409 g/mol. The van der Waals surface area contributed by atoms with Crippen LogP contribution in [0.1, 0.15) is 22.8 Å². The number of nitrogens with zero attached hydrogens (tertiary/aromatic N) is 1. The van der Waals surface area contributed by atoms with Gasteiger partial charge in [0.1, 0.15) is 0 Å². The molecule has 0 aliphatic carbocycles. The summed E-state index contributed by atoms with van der Waals surface area (Å²) in [5, 5.41) is 0. The van der Waals surface area contributed by atoms with Gasteiger partial charge in [0.15, 0.2) is 0 Å². The molecule has 0 aliphatic heterocycles. The van der Waals surface area contributed by atoms with Crippen molar-refractivity contribution in [3.05, 3.63) is 102 Å². The standard InChI is InChI=1S/C23H23NOSe/c1-19(26-22-15-9-4-10-16-22)17-24(18-20-11-5-2-6-12-20)23(25)21-13-7-3-8-14-21/h2-16,19H,17-18H2,1H3. The molecule has 26 heavy (non-hydrogen) atoms. The Hall–Kier alpha value is -2.35. The van der Waals surface area contributed by atoms with Crippen molar-refractivity contribution in [2.75, 3.05) is 6.54 Å². The zero-order valence-electron chi connectivity index (χ0n) is 14.9. The van der Waals surface area contributed by atoms with Crippen molar-refractivity contribution in [3.63, 3.8) is 0 Å². The van der Waals surface area contributed by atoms with Crippen molar-refractivity contribution < 1.29 is 4.79 Å². The van der Waals surface area contributed by atoms with Gasteiger partial charge >= 0.3 is 162 Å². The molecule has 0 heterocycles. The first-order valence-corrected chi connectivity index (χ1v) is 10.7. The fourth-order valence-electron chi connectivity index (χ4n) is 2.87. The molecular formula is C23H23NOSe. The van der Waals surface area contributed by atoms with Crippen LogP contribution in [0.5, 0.6) is 0 Å². The van der Waals surface area contributed by atoms with Gasteiger partial charge in [-0.25, -0.2) is 0 Å². The molecule has 3 aromatic rings. The first-order valence-electron chi connectivity index (χ1n) is 8.82. The Balaban J connectivity index is 1.75. The van der Waals surface area contributed by atoms with Crippen molar-refractivity contribution >= 4 is 25.3 Å². The number of benzene rings is 3. The summed E-state index contributed by atoms with van der Waals surface area (Å²) in [6.45, 7) is 3.64. The maximum atomic E-state index is 13.1. The fraction of sp³-hybridized carbons (Fsp3) is 0.174. The second kappa shape index (κ2) is 9.38. The van der Waals surface area contributed by atoms with Gasteiger partial charge in [0, 0.05) is 0 Å². The number of carbonyl (C=O) groups is 1. The van der Waals surface area contributed by atoms with E-state index < -0.39 is 0 Å². The Morgan fingerprint density at radius 3 is 2.00 bits per heavy atom. The summed E-state index contributed by atoms with van der Waals surface area (Å²) in [5.74, 6) is 0.102. The van der Waals surface area contributed by atoms with Crippen LogP contribution in [0.3, 0.4) is 0 Å². The van der Waals surface area contributed by atoms with E-state index in [-0.39, 0.29) is 5.91 Å². The molecule has 0 saturated carbocycles. The third-order valence-electron chi connectivity index (χ3n) is 4.08. The molecule has 0 aliphatic rings. The molecule has 1 unspecified atom stereocenters. The van der Waals surface area contributed by atoms with Gasteiger partial charge in [-0.15, -0.1) is 0 Å². The van der Waals surface area contributed by atoms with E-state index in [1.165, 1.54) is 4.46 Å². The molecule has 132 valence electrons. The molecule has 0 radical (unpaired) electrons. The average Bonchev–Trinajstić information content (AvgIpc) is 2.69. The summed E-state index contributed by atoms with van der Waals surface area (Å²) in [6, 6.07) is 30.4. The second-order valence-electron chi connectivity index (χ2n) is 6.28.